The summed E-state index contributed by atoms with van der Waals surface area (Å²) in [4.78, 5) is 25.9. The van der Waals surface area contributed by atoms with E-state index in [9.17, 15) is 14.7 Å². The van der Waals surface area contributed by atoms with E-state index in [-0.39, 0.29) is 23.9 Å². The third-order valence-corrected chi connectivity index (χ3v) is 4.54. The van der Waals surface area contributed by atoms with Gasteiger partial charge in [0.05, 0.1) is 18.2 Å². The Labute approximate surface area is 135 Å². The van der Waals surface area contributed by atoms with Crippen LogP contribution in [-0.4, -0.2) is 42.2 Å². The Morgan fingerprint density at radius 1 is 1.48 bits per heavy atom. The fraction of sp³-hybridized carbons (Fsp3) is 0.529. The van der Waals surface area contributed by atoms with Gasteiger partial charge in [0.25, 0.3) is 0 Å². The molecule has 2 saturated heterocycles. The van der Waals surface area contributed by atoms with Crippen molar-refractivity contribution in [1.82, 2.24) is 10.6 Å². The first-order chi connectivity index (χ1) is 11.0. The Kier molecular flexibility index (Phi) is 4.63. The van der Waals surface area contributed by atoms with Gasteiger partial charge in [-0.2, -0.15) is 0 Å². The number of benzene rings is 1. The maximum atomic E-state index is 12.2. The minimum atomic E-state index is -0.453. The van der Waals surface area contributed by atoms with Gasteiger partial charge in [0.2, 0.25) is 11.8 Å². The summed E-state index contributed by atoms with van der Waals surface area (Å²) in [5.74, 6) is 0.0553. The van der Waals surface area contributed by atoms with Gasteiger partial charge < -0.3 is 20.6 Å². The molecule has 2 fully saturated rings. The molecule has 3 rings (SSSR count). The second-order valence-corrected chi connectivity index (χ2v) is 6.32. The molecule has 0 aromatic heterocycles. The van der Waals surface area contributed by atoms with Crippen molar-refractivity contribution < 1.29 is 14.7 Å². The molecule has 23 heavy (non-hydrogen) atoms. The number of rotatable bonds is 4. The van der Waals surface area contributed by atoms with E-state index in [1.54, 1.807) is 4.90 Å². The standard InChI is InChI=1S/C17H23N3O3/c1-11(19-17(23)15-9-14(21)10-18-15)12-4-2-5-13(8-12)20-7-3-6-16(20)22/h2,4-5,8,11,14-15,18,21H,3,6-7,9-10H2,1H3,(H,19,23). The smallest absolute Gasteiger partial charge is 0.237 e. The summed E-state index contributed by atoms with van der Waals surface area (Å²) < 4.78 is 0. The summed E-state index contributed by atoms with van der Waals surface area (Å²) in [5, 5.41) is 15.5. The number of carbonyl (C=O) groups excluding carboxylic acids is 2. The molecule has 0 radical (unpaired) electrons. The summed E-state index contributed by atoms with van der Waals surface area (Å²) >= 11 is 0. The van der Waals surface area contributed by atoms with E-state index in [4.69, 9.17) is 0 Å². The van der Waals surface area contributed by atoms with Crippen LogP contribution < -0.4 is 15.5 Å². The number of nitrogens with one attached hydrogen (secondary N) is 2. The van der Waals surface area contributed by atoms with E-state index in [1.807, 2.05) is 31.2 Å². The lowest BCUT2D eigenvalue weighted by Crippen LogP contribution is -2.41. The molecule has 0 aliphatic carbocycles. The van der Waals surface area contributed by atoms with E-state index in [1.165, 1.54) is 0 Å². The minimum Gasteiger partial charge on any atom is -0.392 e. The average Bonchev–Trinajstić information content (AvgIpc) is 3.16. The van der Waals surface area contributed by atoms with Crippen molar-refractivity contribution in [1.29, 1.82) is 0 Å². The van der Waals surface area contributed by atoms with Crippen LogP contribution in [0.5, 0.6) is 0 Å². The van der Waals surface area contributed by atoms with Crippen LogP contribution in [-0.2, 0) is 9.59 Å². The molecular formula is C17H23N3O3. The highest BCUT2D eigenvalue weighted by Crippen LogP contribution is 2.25. The number of β-amino-alcohol motifs (C(OH)–C–C–N with tert-alkyl or cyclic N) is 1. The summed E-state index contributed by atoms with van der Waals surface area (Å²) in [7, 11) is 0. The molecule has 2 aliphatic rings. The number of anilines is 1. The van der Waals surface area contributed by atoms with Crippen LogP contribution in [0, 0.1) is 0 Å². The van der Waals surface area contributed by atoms with Crippen LogP contribution in [0.4, 0.5) is 5.69 Å². The lowest BCUT2D eigenvalue weighted by molar-refractivity contribution is -0.123. The SMILES string of the molecule is CC(NC(=O)C1CC(O)CN1)c1cccc(N2CCCC2=O)c1. The molecule has 124 valence electrons. The average molecular weight is 317 g/mol. The highest BCUT2D eigenvalue weighted by Gasteiger charge is 2.29. The van der Waals surface area contributed by atoms with E-state index in [0.717, 1.165) is 24.2 Å². The molecule has 0 spiro atoms. The van der Waals surface area contributed by atoms with Crippen LogP contribution in [0.2, 0.25) is 0 Å². The molecule has 0 saturated carbocycles. The Hall–Kier alpha value is -1.92. The fourth-order valence-corrected chi connectivity index (χ4v) is 3.20. The van der Waals surface area contributed by atoms with Crippen molar-refractivity contribution in [3.63, 3.8) is 0 Å². The molecule has 2 aliphatic heterocycles. The highest BCUT2D eigenvalue weighted by atomic mass is 16.3. The zero-order valence-corrected chi connectivity index (χ0v) is 13.3. The van der Waals surface area contributed by atoms with E-state index in [2.05, 4.69) is 10.6 Å². The zero-order valence-electron chi connectivity index (χ0n) is 13.3. The van der Waals surface area contributed by atoms with Crippen molar-refractivity contribution in [2.45, 2.75) is 44.4 Å². The summed E-state index contributed by atoms with van der Waals surface area (Å²) in [6.07, 6.45) is 1.49. The largest absolute Gasteiger partial charge is 0.392 e. The summed E-state index contributed by atoms with van der Waals surface area (Å²) in [5.41, 5.74) is 1.86. The maximum Gasteiger partial charge on any atom is 0.237 e. The molecule has 6 heteroatoms. The van der Waals surface area contributed by atoms with Gasteiger partial charge in [-0.25, -0.2) is 0 Å². The molecule has 3 N–H and O–H groups in total. The first-order valence-electron chi connectivity index (χ1n) is 8.17. The van der Waals surface area contributed by atoms with Gasteiger partial charge in [-0.3, -0.25) is 9.59 Å². The van der Waals surface area contributed by atoms with Crippen LogP contribution in [0.1, 0.15) is 37.8 Å². The van der Waals surface area contributed by atoms with Gasteiger partial charge in [-0.05, 0) is 37.5 Å². The van der Waals surface area contributed by atoms with E-state index < -0.39 is 6.10 Å². The Balaban J connectivity index is 1.66. The van der Waals surface area contributed by atoms with Crippen LogP contribution in [0.25, 0.3) is 0 Å². The van der Waals surface area contributed by atoms with Crippen molar-refractivity contribution in [3.05, 3.63) is 29.8 Å². The molecule has 6 nitrogen and oxygen atoms in total. The van der Waals surface area contributed by atoms with Crippen LogP contribution >= 0.6 is 0 Å². The molecular weight excluding hydrogens is 294 g/mol. The van der Waals surface area contributed by atoms with E-state index >= 15 is 0 Å². The van der Waals surface area contributed by atoms with Crippen molar-refractivity contribution in [3.8, 4) is 0 Å². The van der Waals surface area contributed by atoms with Gasteiger partial charge in [0, 0.05) is 25.2 Å². The normalized spacial score (nSPS) is 25.7. The number of hydrogen-bond acceptors (Lipinski definition) is 4. The number of carbonyl (C=O) groups is 2. The Bertz CT molecular complexity index is 605. The highest BCUT2D eigenvalue weighted by molar-refractivity contribution is 5.95. The second-order valence-electron chi connectivity index (χ2n) is 6.32. The lowest BCUT2D eigenvalue weighted by Gasteiger charge is -2.21. The summed E-state index contributed by atoms with van der Waals surface area (Å²) in [6.45, 7) is 3.14. The van der Waals surface area contributed by atoms with Gasteiger partial charge in [0.15, 0.2) is 0 Å². The molecule has 1 aromatic rings. The number of amides is 2. The molecule has 3 unspecified atom stereocenters. The monoisotopic (exact) mass is 317 g/mol. The molecule has 1 aromatic carbocycles. The molecule has 2 amide bonds. The van der Waals surface area contributed by atoms with Gasteiger partial charge in [-0.1, -0.05) is 12.1 Å². The first-order valence-corrected chi connectivity index (χ1v) is 8.17. The predicted molar refractivity (Wildman–Crippen MR) is 87.0 cm³/mol. The number of aliphatic hydroxyl groups is 1. The first kappa shape index (κ1) is 16.0. The topological polar surface area (TPSA) is 81.7 Å². The quantitative estimate of drug-likeness (QED) is 0.764. The van der Waals surface area contributed by atoms with E-state index in [0.29, 0.717) is 19.4 Å². The molecule has 2 heterocycles. The van der Waals surface area contributed by atoms with Crippen molar-refractivity contribution in [2.24, 2.45) is 0 Å². The third-order valence-electron chi connectivity index (χ3n) is 4.54. The van der Waals surface area contributed by atoms with Crippen LogP contribution in [0.15, 0.2) is 24.3 Å². The van der Waals surface area contributed by atoms with Crippen molar-refractivity contribution >= 4 is 17.5 Å². The zero-order chi connectivity index (χ0) is 16.4. The lowest BCUT2D eigenvalue weighted by atomic mass is 10.1. The number of hydrogen-bond donors (Lipinski definition) is 3. The number of aliphatic hydroxyl groups excluding tert-OH is 1. The van der Waals surface area contributed by atoms with Crippen molar-refractivity contribution in [2.75, 3.05) is 18.0 Å². The minimum absolute atomic E-state index is 0.100. The van der Waals surface area contributed by atoms with Gasteiger partial charge in [-0.15, -0.1) is 0 Å². The Morgan fingerprint density at radius 3 is 2.96 bits per heavy atom. The van der Waals surface area contributed by atoms with Gasteiger partial charge >= 0.3 is 0 Å². The van der Waals surface area contributed by atoms with Gasteiger partial charge in [0.1, 0.15) is 0 Å². The third kappa shape index (κ3) is 3.54. The molecule has 0 bridgehead atoms. The summed E-state index contributed by atoms with van der Waals surface area (Å²) in [6, 6.07) is 7.26. The maximum absolute atomic E-state index is 12.2. The number of nitrogens with zero attached hydrogens (tertiary/aromatic N) is 1. The predicted octanol–water partition coefficient (Wildman–Crippen LogP) is 0.713. The Morgan fingerprint density at radius 2 is 2.30 bits per heavy atom. The molecule has 3 atom stereocenters. The fourth-order valence-electron chi connectivity index (χ4n) is 3.20. The second kappa shape index (κ2) is 6.68. The van der Waals surface area contributed by atoms with Crippen LogP contribution in [0.3, 0.4) is 0 Å².